The number of unbranched alkanes of at least 4 members (excludes halogenated alkanes) is 1. The van der Waals surface area contributed by atoms with Crippen molar-refractivity contribution in [3.8, 4) is 6.07 Å². The van der Waals surface area contributed by atoms with Crippen LogP contribution in [0.3, 0.4) is 0 Å². The molecule has 0 radical (unpaired) electrons. The van der Waals surface area contributed by atoms with Gasteiger partial charge in [0.1, 0.15) is 5.82 Å². The fraction of sp³-hybridized carbons (Fsp3) is 0.250. The topological polar surface area (TPSA) is 41.6 Å². The maximum Gasteiger partial charge on any atom is 0.115 e. The van der Waals surface area contributed by atoms with Crippen LogP contribution in [-0.2, 0) is 13.0 Å². The molecular formula is C16H15N3S. The number of aromatic nitrogens is 2. The minimum Gasteiger partial charge on any atom is -0.328 e. The summed E-state index contributed by atoms with van der Waals surface area (Å²) in [6.07, 6.45) is 2.32. The van der Waals surface area contributed by atoms with Gasteiger partial charge in [-0.25, -0.2) is 4.98 Å². The normalized spacial score (nSPS) is 10.8. The summed E-state index contributed by atoms with van der Waals surface area (Å²) in [5.74, 6) is 1.09. The average molecular weight is 281 g/mol. The minimum absolute atomic E-state index is 0.588. The molecule has 0 N–H and O–H groups in total. The zero-order valence-electron chi connectivity index (χ0n) is 11.1. The smallest absolute Gasteiger partial charge is 0.115 e. The fourth-order valence-corrected chi connectivity index (χ4v) is 3.10. The second-order valence-electron chi connectivity index (χ2n) is 4.69. The number of thiophene rings is 1. The van der Waals surface area contributed by atoms with Crippen molar-refractivity contribution in [3.05, 3.63) is 52.5 Å². The SMILES string of the molecule is N#CCCCn1c(Cc2cccs2)nc2ccccc21. The van der Waals surface area contributed by atoms with Gasteiger partial charge in [-0.3, -0.25) is 0 Å². The molecule has 0 atom stereocenters. The van der Waals surface area contributed by atoms with Gasteiger partial charge in [-0.15, -0.1) is 11.3 Å². The number of fused-ring (bicyclic) bond motifs is 1. The monoisotopic (exact) mass is 281 g/mol. The second kappa shape index (κ2) is 5.89. The first kappa shape index (κ1) is 12.9. The van der Waals surface area contributed by atoms with E-state index in [0.717, 1.165) is 36.2 Å². The molecule has 0 saturated carbocycles. The number of hydrogen-bond acceptors (Lipinski definition) is 3. The minimum atomic E-state index is 0.588. The summed E-state index contributed by atoms with van der Waals surface area (Å²) in [6, 6.07) is 14.6. The molecule has 0 bridgehead atoms. The molecule has 0 aliphatic carbocycles. The van der Waals surface area contributed by atoms with E-state index < -0.39 is 0 Å². The fourth-order valence-electron chi connectivity index (χ4n) is 2.40. The quantitative estimate of drug-likeness (QED) is 0.663. The lowest BCUT2D eigenvalue weighted by molar-refractivity contribution is 0.643. The Morgan fingerprint density at radius 1 is 1.20 bits per heavy atom. The van der Waals surface area contributed by atoms with E-state index in [0.29, 0.717) is 6.42 Å². The summed E-state index contributed by atoms with van der Waals surface area (Å²) in [7, 11) is 0. The highest BCUT2D eigenvalue weighted by atomic mass is 32.1. The highest BCUT2D eigenvalue weighted by molar-refractivity contribution is 7.09. The molecule has 0 unspecified atom stereocenters. The van der Waals surface area contributed by atoms with Gasteiger partial charge in [-0.05, 0) is 30.0 Å². The predicted molar refractivity (Wildman–Crippen MR) is 81.7 cm³/mol. The number of imidazole rings is 1. The molecule has 20 heavy (non-hydrogen) atoms. The number of nitriles is 1. The number of para-hydroxylation sites is 2. The van der Waals surface area contributed by atoms with Gasteiger partial charge in [-0.1, -0.05) is 18.2 Å². The number of nitrogens with zero attached hydrogens (tertiary/aromatic N) is 3. The first-order valence-electron chi connectivity index (χ1n) is 6.72. The van der Waals surface area contributed by atoms with Crippen LogP contribution in [0.1, 0.15) is 23.5 Å². The molecule has 0 aliphatic rings. The van der Waals surface area contributed by atoms with Crippen LogP contribution >= 0.6 is 11.3 Å². The molecule has 3 rings (SSSR count). The number of benzene rings is 1. The number of rotatable bonds is 5. The highest BCUT2D eigenvalue weighted by Crippen LogP contribution is 2.21. The number of aryl methyl sites for hydroxylation is 1. The Labute approximate surface area is 122 Å². The molecule has 0 aliphatic heterocycles. The van der Waals surface area contributed by atoms with Crippen LogP contribution in [0, 0.1) is 11.3 Å². The van der Waals surface area contributed by atoms with E-state index in [1.807, 2.05) is 18.2 Å². The van der Waals surface area contributed by atoms with Crippen LogP contribution < -0.4 is 0 Å². The summed E-state index contributed by atoms with van der Waals surface area (Å²) in [5.41, 5.74) is 2.20. The van der Waals surface area contributed by atoms with Gasteiger partial charge in [-0.2, -0.15) is 5.26 Å². The van der Waals surface area contributed by atoms with E-state index in [1.54, 1.807) is 11.3 Å². The maximum absolute atomic E-state index is 8.71. The molecule has 100 valence electrons. The molecular weight excluding hydrogens is 266 g/mol. The first-order chi connectivity index (χ1) is 9.88. The molecule has 4 heteroatoms. The molecule has 0 amide bonds. The molecule has 0 spiro atoms. The maximum atomic E-state index is 8.71. The van der Waals surface area contributed by atoms with Crippen molar-refractivity contribution in [2.75, 3.05) is 0 Å². The Morgan fingerprint density at radius 3 is 2.90 bits per heavy atom. The van der Waals surface area contributed by atoms with E-state index in [4.69, 9.17) is 10.2 Å². The van der Waals surface area contributed by atoms with E-state index in [1.165, 1.54) is 4.88 Å². The third kappa shape index (κ3) is 2.59. The summed E-state index contributed by atoms with van der Waals surface area (Å²) >= 11 is 1.76. The lowest BCUT2D eigenvalue weighted by Gasteiger charge is -2.07. The number of hydrogen-bond donors (Lipinski definition) is 0. The van der Waals surface area contributed by atoms with Crippen molar-refractivity contribution in [3.63, 3.8) is 0 Å². The van der Waals surface area contributed by atoms with Crippen LogP contribution in [0.5, 0.6) is 0 Å². The van der Waals surface area contributed by atoms with Gasteiger partial charge in [0.15, 0.2) is 0 Å². The Balaban J connectivity index is 1.96. The average Bonchev–Trinajstić information content (AvgIpc) is 3.08. The Kier molecular flexibility index (Phi) is 3.80. The lowest BCUT2D eigenvalue weighted by atomic mass is 10.3. The summed E-state index contributed by atoms with van der Waals surface area (Å²) in [5, 5.41) is 10.8. The molecule has 2 aromatic heterocycles. The lowest BCUT2D eigenvalue weighted by Crippen LogP contribution is -2.04. The van der Waals surface area contributed by atoms with Crippen molar-refractivity contribution < 1.29 is 0 Å². The van der Waals surface area contributed by atoms with E-state index in [2.05, 4.69) is 34.2 Å². The van der Waals surface area contributed by atoms with Crippen molar-refractivity contribution >= 4 is 22.4 Å². The zero-order valence-corrected chi connectivity index (χ0v) is 11.9. The Morgan fingerprint density at radius 2 is 2.10 bits per heavy atom. The first-order valence-corrected chi connectivity index (χ1v) is 7.60. The predicted octanol–water partition coefficient (Wildman–Crippen LogP) is 3.99. The summed E-state index contributed by atoms with van der Waals surface area (Å²) < 4.78 is 2.26. The molecule has 0 saturated heterocycles. The van der Waals surface area contributed by atoms with Gasteiger partial charge in [0.05, 0.1) is 17.1 Å². The van der Waals surface area contributed by atoms with Gasteiger partial charge in [0, 0.05) is 24.3 Å². The van der Waals surface area contributed by atoms with E-state index >= 15 is 0 Å². The van der Waals surface area contributed by atoms with E-state index in [9.17, 15) is 0 Å². The molecule has 0 fully saturated rings. The van der Waals surface area contributed by atoms with Crippen LogP contribution in [0.25, 0.3) is 11.0 Å². The third-order valence-corrected chi connectivity index (χ3v) is 4.19. The van der Waals surface area contributed by atoms with Crippen LogP contribution in [0.2, 0.25) is 0 Å². The molecule has 2 heterocycles. The second-order valence-corrected chi connectivity index (χ2v) is 5.72. The van der Waals surface area contributed by atoms with Crippen molar-refractivity contribution in [1.29, 1.82) is 5.26 Å². The third-order valence-electron chi connectivity index (χ3n) is 3.32. The largest absolute Gasteiger partial charge is 0.328 e. The summed E-state index contributed by atoms with van der Waals surface area (Å²) in [6.45, 7) is 0.856. The zero-order chi connectivity index (χ0) is 13.8. The standard InChI is InChI=1S/C16H15N3S/c17-9-3-4-10-19-15-8-2-1-7-14(15)18-16(19)12-13-6-5-11-20-13/h1-2,5-8,11H,3-4,10,12H2. The van der Waals surface area contributed by atoms with Gasteiger partial charge >= 0.3 is 0 Å². The Hall–Kier alpha value is -2.12. The molecule has 3 nitrogen and oxygen atoms in total. The van der Waals surface area contributed by atoms with Crippen LogP contribution in [0.15, 0.2) is 41.8 Å². The molecule has 3 aromatic rings. The van der Waals surface area contributed by atoms with Crippen molar-refractivity contribution in [2.24, 2.45) is 0 Å². The van der Waals surface area contributed by atoms with E-state index in [-0.39, 0.29) is 0 Å². The molecule has 1 aromatic carbocycles. The van der Waals surface area contributed by atoms with Crippen molar-refractivity contribution in [2.45, 2.75) is 25.8 Å². The van der Waals surface area contributed by atoms with Crippen molar-refractivity contribution in [1.82, 2.24) is 9.55 Å². The summed E-state index contributed by atoms with van der Waals surface area (Å²) in [4.78, 5) is 6.07. The highest BCUT2D eigenvalue weighted by Gasteiger charge is 2.11. The van der Waals surface area contributed by atoms with Gasteiger partial charge in [0.2, 0.25) is 0 Å². The van der Waals surface area contributed by atoms with Crippen LogP contribution in [0.4, 0.5) is 0 Å². The van der Waals surface area contributed by atoms with Gasteiger partial charge < -0.3 is 4.57 Å². The van der Waals surface area contributed by atoms with Crippen LogP contribution in [-0.4, -0.2) is 9.55 Å². The Bertz CT molecular complexity index is 735. The van der Waals surface area contributed by atoms with Gasteiger partial charge in [0.25, 0.3) is 0 Å².